The molecular formula is C8H7F3N6O. The maximum atomic E-state index is 12.3. The molecule has 1 aliphatic heterocycles. The zero-order valence-electron chi connectivity index (χ0n) is 8.85. The minimum absolute atomic E-state index is 0.130. The van der Waals surface area contributed by atoms with Gasteiger partial charge in [0.15, 0.2) is 5.69 Å². The Hall–Kier alpha value is -1.97. The van der Waals surface area contributed by atoms with Crippen molar-refractivity contribution in [2.45, 2.75) is 12.2 Å². The number of alkyl halides is 3. The lowest BCUT2D eigenvalue weighted by molar-refractivity contribution is -0.146. The molecule has 1 fully saturated rings. The number of nitrogens with one attached hydrogen (secondary N) is 1. The molecule has 0 atom stereocenters. The first-order valence-corrected chi connectivity index (χ1v) is 5.08. The number of aromatic nitrogens is 5. The molecule has 1 saturated heterocycles. The maximum absolute atomic E-state index is 12.3. The van der Waals surface area contributed by atoms with Crippen molar-refractivity contribution >= 4 is 0 Å². The van der Waals surface area contributed by atoms with Crippen molar-refractivity contribution in [1.82, 2.24) is 30.5 Å². The summed E-state index contributed by atoms with van der Waals surface area (Å²) in [6.45, 7) is 1.50. The van der Waals surface area contributed by atoms with Gasteiger partial charge in [-0.25, -0.2) is 4.68 Å². The van der Waals surface area contributed by atoms with E-state index >= 15 is 0 Å². The van der Waals surface area contributed by atoms with Crippen LogP contribution in [0.15, 0.2) is 10.7 Å². The molecule has 0 aromatic carbocycles. The molecule has 0 unspecified atom stereocenters. The Kier molecular flexibility index (Phi) is 2.33. The molecule has 1 N–H and O–H groups in total. The van der Waals surface area contributed by atoms with Crippen molar-refractivity contribution in [2.75, 3.05) is 13.1 Å². The molecule has 1 aliphatic rings. The third kappa shape index (κ3) is 1.83. The Morgan fingerprint density at radius 1 is 1.39 bits per heavy atom. The Bertz CT molecular complexity index is 557. The molecule has 0 bridgehead atoms. The lowest BCUT2D eigenvalue weighted by atomic mass is 10.2. The topological polar surface area (TPSA) is 81.7 Å². The number of halogens is 3. The monoisotopic (exact) mass is 260 g/mol. The van der Waals surface area contributed by atoms with E-state index in [4.69, 9.17) is 0 Å². The highest BCUT2D eigenvalue weighted by Gasteiger charge is 2.37. The van der Waals surface area contributed by atoms with Gasteiger partial charge in [0.25, 0.3) is 11.7 Å². The molecule has 0 aliphatic carbocycles. The van der Waals surface area contributed by atoms with Crippen LogP contribution in [0.3, 0.4) is 0 Å². The summed E-state index contributed by atoms with van der Waals surface area (Å²) in [7, 11) is 0. The van der Waals surface area contributed by atoms with Crippen LogP contribution in [-0.4, -0.2) is 38.2 Å². The van der Waals surface area contributed by atoms with Crippen LogP contribution in [0.5, 0.6) is 0 Å². The van der Waals surface area contributed by atoms with E-state index in [-0.39, 0.29) is 17.6 Å². The van der Waals surface area contributed by atoms with Gasteiger partial charge in [-0.05, 0) is 0 Å². The summed E-state index contributed by atoms with van der Waals surface area (Å²) >= 11 is 0. The highest BCUT2D eigenvalue weighted by molar-refractivity contribution is 5.43. The molecule has 3 heterocycles. The van der Waals surface area contributed by atoms with E-state index in [1.165, 1.54) is 6.20 Å². The van der Waals surface area contributed by atoms with Gasteiger partial charge in [0.2, 0.25) is 0 Å². The average Bonchev–Trinajstić information content (AvgIpc) is 2.78. The van der Waals surface area contributed by atoms with Crippen molar-refractivity contribution in [3.8, 4) is 11.6 Å². The van der Waals surface area contributed by atoms with E-state index in [2.05, 4.69) is 30.3 Å². The fourth-order valence-corrected chi connectivity index (χ4v) is 1.46. The normalized spacial score (nSPS) is 16.8. The number of rotatable bonds is 2. The quantitative estimate of drug-likeness (QED) is 0.846. The van der Waals surface area contributed by atoms with Crippen LogP contribution in [0.2, 0.25) is 0 Å². The molecular weight excluding hydrogens is 253 g/mol. The highest BCUT2D eigenvalue weighted by atomic mass is 19.4. The molecule has 0 radical (unpaired) electrons. The summed E-state index contributed by atoms with van der Waals surface area (Å²) in [5.41, 5.74) is 0.130. The molecule has 0 spiro atoms. The predicted molar refractivity (Wildman–Crippen MR) is 50.2 cm³/mol. The predicted octanol–water partition coefficient (Wildman–Crippen LogP) is 0.491. The van der Waals surface area contributed by atoms with Gasteiger partial charge in [-0.3, -0.25) is 0 Å². The Morgan fingerprint density at radius 2 is 2.17 bits per heavy atom. The van der Waals surface area contributed by atoms with Crippen molar-refractivity contribution in [2.24, 2.45) is 0 Å². The molecule has 7 nitrogen and oxygen atoms in total. The highest BCUT2D eigenvalue weighted by Crippen LogP contribution is 2.28. The summed E-state index contributed by atoms with van der Waals surface area (Å²) in [4.78, 5) is 3.23. The fourth-order valence-electron chi connectivity index (χ4n) is 1.46. The lowest BCUT2D eigenvalue weighted by Crippen LogP contribution is -2.43. The molecule has 96 valence electrons. The molecule has 2 aromatic heterocycles. The van der Waals surface area contributed by atoms with E-state index in [1.54, 1.807) is 4.68 Å². The smallest absolute Gasteiger partial charge is 0.332 e. The van der Waals surface area contributed by atoms with Crippen molar-refractivity contribution < 1.29 is 17.7 Å². The van der Waals surface area contributed by atoms with Gasteiger partial charge >= 0.3 is 6.18 Å². The summed E-state index contributed by atoms with van der Waals surface area (Å²) in [6, 6.07) is 0.163. The minimum atomic E-state index is -4.63. The second kappa shape index (κ2) is 3.77. The van der Waals surface area contributed by atoms with Crippen LogP contribution < -0.4 is 5.32 Å². The van der Waals surface area contributed by atoms with Crippen LogP contribution in [-0.2, 0) is 6.18 Å². The van der Waals surface area contributed by atoms with E-state index in [0.717, 1.165) is 13.1 Å². The number of hydrogen-bond acceptors (Lipinski definition) is 6. The molecule has 0 amide bonds. The third-order valence-corrected chi connectivity index (χ3v) is 2.54. The number of nitrogens with zero attached hydrogens (tertiary/aromatic N) is 5. The summed E-state index contributed by atoms with van der Waals surface area (Å²) in [5.74, 6) is -1.61. The van der Waals surface area contributed by atoms with Crippen LogP contribution in [0.1, 0.15) is 11.9 Å². The SMILES string of the molecule is FC(F)(F)c1noc(-c2cn(C3CNC3)nn2)n1. The Morgan fingerprint density at radius 3 is 2.72 bits per heavy atom. The average molecular weight is 260 g/mol. The van der Waals surface area contributed by atoms with Gasteiger partial charge in [-0.2, -0.15) is 18.2 Å². The van der Waals surface area contributed by atoms with Gasteiger partial charge < -0.3 is 9.84 Å². The molecule has 3 rings (SSSR count). The zero-order chi connectivity index (χ0) is 12.8. The first-order chi connectivity index (χ1) is 8.54. The van der Waals surface area contributed by atoms with E-state index in [0.29, 0.717) is 0 Å². The summed E-state index contributed by atoms with van der Waals surface area (Å²) < 4.78 is 42.9. The van der Waals surface area contributed by atoms with Crippen molar-refractivity contribution in [1.29, 1.82) is 0 Å². The lowest BCUT2D eigenvalue weighted by Gasteiger charge is -2.26. The summed E-state index contributed by atoms with van der Waals surface area (Å²) in [6.07, 6.45) is -3.14. The maximum Gasteiger partial charge on any atom is 0.455 e. The van der Waals surface area contributed by atoms with E-state index in [1.807, 2.05) is 0 Å². The van der Waals surface area contributed by atoms with Crippen molar-refractivity contribution in [3.63, 3.8) is 0 Å². The van der Waals surface area contributed by atoms with Crippen LogP contribution in [0, 0.1) is 0 Å². The Balaban J connectivity index is 1.85. The second-order valence-electron chi connectivity index (χ2n) is 3.82. The molecule has 0 saturated carbocycles. The first kappa shape index (κ1) is 11.1. The van der Waals surface area contributed by atoms with Gasteiger partial charge in [0.05, 0.1) is 12.2 Å². The van der Waals surface area contributed by atoms with Crippen LogP contribution in [0.25, 0.3) is 11.6 Å². The summed E-state index contributed by atoms with van der Waals surface area (Å²) in [5, 5.41) is 13.4. The van der Waals surface area contributed by atoms with Crippen LogP contribution >= 0.6 is 0 Å². The largest absolute Gasteiger partial charge is 0.455 e. The van der Waals surface area contributed by atoms with Crippen molar-refractivity contribution in [3.05, 3.63) is 12.0 Å². The molecule has 18 heavy (non-hydrogen) atoms. The molecule has 10 heteroatoms. The minimum Gasteiger partial charge on any atom is -0.332 e. The second-order valence-corrected chi connectivity index (χ2v) is 3.82. The fraction of sp³-hybridized carbons (Fsp3) is 0.500. The zero-order valence-corrected chi connectivity index (χ0v) is 8.85. The standard InChI is InChI=1S/C8H7F3N6O/c9-8(10,11)7-13-6(18-15-7)5-3-17(16-14-5)4-1-12-2-4/h3-4,12H,1-2H2. The number of hydrogen-bond donors (Lipinski definition) is 1. The van der Waals surface area contributed by atoms with Gasteiger partial charge in [-0.15, -0.1) is 5.10 Å². The van der Waals surface area contributed by atoms with Gasteiger partial charge in [0.1, 0.15) is 0 Å². The molecule has 2 aromatic rings. The van der Waals surface area contributed by atoms with Gasteiger partial charge in [-0.1, -0.05) is 10.4 Å². The first-order valence-electron chi connectivity index (χ1n) is 5.08. The van der Waals surface area contributed by atoms with E-state index < -0.39 is 12.0 Å². The Labute approximate surface area is 98.0 Å². The third-order valence-electron chi connectivity index (χ3n) is 2.54. The van der Waals surface area contributed by atoms with Gasteiger partial charge in [0, 0.05) is 13.1 Å². The van der Waals surface area contributed by atoms with E-state index in [9.17, 15) is 13.2 Å². The van der Waals surface area contributed by atoms with Crippen LogP contribution in [0.4, 0.5) is 13.2 Å².